The van der Waals surface area contributed by atoms with Crippen molar-refractivity contribution in [1.82, 2.24) is 15.1 Å². The van der Waals surface area contributed by atoms with Gasteiger partial charge in [-0.3, -0.25) is 4.68 Å². The van der Waals surface area contributed by atoms with Gasteiger partial charge in [0.2, 0.25) is 0 Å². The van der Waals surface area contributed by atoms with Crippen molar-refractivity contribution in [3.8, 4) is 0 Å². The number of aryl methyl sites for hydroxylation is 1. The first kappa shape index (κ1) is 12.7. The Morgan fingerprint density at radius 2 is 2.13 bits per heavy atom. The van der Waals surface area contributed by atoms with Gasteiger partial charge >= 0.3 is 0 Å². The molecule has 0 amide bonds. The number of nitrogens with one attached hydrogen (secondary N) is 1. The highest BCUT2D eigenvalue weighted by Gasteiger charge is 2.13. The van der Waals surface area contributed by atoms with E-state index in [2.05, 4.69) is 51.8 Å². The lowest BCUT2D eigenvalue weighted by Crippen LogP contribution is -2.19. The minimum absolute atomic E-state index is 0.453. The largest absolute Gasteiger partial charge is 0.317 e. The molecule has 4 heteroatoms. The van der Waals surface area contributed by atoms with Crippen molar-refractivity contribution < 1.29 is 0 Å². The van der Waals surface area contributed by atoms with Crippen LogP contribution in [-0.4, -0.2) is 22.9 Å². The lowest BCUT2D eigenvalue weighted by Gasteiger charge is -2.14. The summed E-state index contributed by atoms with van der Waals surface area (Å²) < 4.78 is 3.24. The Labute approximate surface area is 100 Å². The molecule has 0 fully saturated rings. The van der Waals surface area contributed by atoms with Gasteiger partial charge in [0.15, 0.2) is 0 Å². The third-order valence-electron chi connectivity index (χ3n) is 2.64. The Kier molecular flexibility index (Phi) is 4.80. The van der Waals surface area contributed by atoms with Crippen LogP contribution in [0.4, 0.5) is 0 Å². The molecule has 86 valence electrons. The Bertz CT molecular complexity index is 320. The summed E-state index contributed by atoms with van der Waals surface area (Å²) in [7, 11) is 0. The fraction of sp³-hybridized carbons (Fsp3) is 0.727. The van der Waals surface area contributed by atoms with Crippen LogP contribution in [-0.2, 0) is 0 Å². The molecule has 3 nitrogen and oxygen atoms in total. The maximum atomic E-state index is 4.53. The number of hydrogen-bond acceptors (Lipinski definition) is 2. The molecular formula is C11H20BrN3. The van der Waals surface area contributed by atoms with Gasteiger partial charge in [0.25, 0.3) is 0 Å². The van der Waals surface area contributed by atoms with Crippen LogP contribution < -0.4 is 5.32 Å². The predicted octanol–water partition coefficient (Wildman–Crippen LogP) is 2.82. The first-order chi connectivity index (χ1) is 7.07. The maximum Gasteiger partial charge on any atom is 0.0738 e. The summed E-state index contributed by atoms with van der Waals surface area (Å²) in [5.74, 6) is 0. The Balaban J connectivity index is 2.65. The van der Waals surface area contributed by atoms with Crippen molar-refractivity contribution in [2.75, 3.05) is 13.1 Å². The molecule has 1 rings (SSSR count). The zero-order valence-corrected chi connectivity index (χ0v) is 11.6. The monoisotopic (exact) mass is 273 g/mol. The Morgan fingerprint density at radius 3 is 2.60 bits per heavy atom. The average molecular weight is 274 g/mol. The summed E-state index contributed by atoms with van der Waals surface area (Å²) in [4.78, 5) is 0. The van der Waals surface area contributed by atoms with Crippen molar-refractivity contribution in [3.63, 3.8) is 0 Å². The van der Waals surface area contributed by atoms with E-state index in [0.717, 1.165) is 29.7 Å². The van der Waals surface area contributed by atoms with Crippen LogP contribution in [0.5, 0.6) is 0 Å². The number of halogens is 1. The number of rotatable bonds is 5. The summed E-state index contributed by atoms with van der Waals surface area (Å²) >= 11 is 3.55. The number of aromatic nitrogens is 2. The van der Waals surface area contributed by atoms with E-state index in [9.17, 15) is 0 Å². The predicted molar refractivity (Wildman–Crippen MR) is 67.3 cm³/mol. The molecule has 0 aliphatic rings. The highest BCUT2D eigenvalue weighted by molar-refractivity contribution is 9.10. The van der Waals surface area contributed by atoms with Crippen molar-refractivity contribution >= 4 is 15.9 Å². The van der Waals surface area contributed by atoms with Crippen LogP contribution in [0.3, 0.4) is 0 Å². The van der Waals surface area contributed by atoms with E-state index < -0.39 is 0 Å². The van der Waals surface area contributed by atoms with Crippen molar-refractivity contribution in [2.24, 2.45) is 0 Å². The van der Waals surface area contributed by atoms with Gasteiger partial charge in [0.05, 0.1) is 21.9 Å². The van der Waals surface area contributed by atoms with Gasteiger partial charge in [0.1, 0.15) is 0 Å². The van der Waals surface area contributed by atoms with Gasteiger partial charge in [-0.2, -0.15) is 5.10 Å². The fourth-order valence-electron chi connectivity index (χ4n) is 1.68. The third kappa shape index (κ3) is 3.05. The molecule has 1 unspecified atom stereocenters. The summed E-state index contributed by atoms with van der Waals surface area (Å²) in [5.41, 5.74) is 2.29. The van der Waals surface area contributed by atoms with E-state index in [1.165, 1.54) is 5.69 Å². The van der Waals surface area contributed by atoms with Gasteiger partial charge in [-0.15, -0.1) is 0 Å². The highest BCUT2D eigenvalue weighted by atomic mass is 79.9. The minimum Gasteiger partial charge on any atom is -0.317 e. The normalized spacial score (nSPS) is 13.1. The van der Waals surface area contributed by atoms with Crippen LogP contribution in [0.2, 0.25) is 0 Å². The standard InChI is InChI=1S/C11H20BrN3/c1-5-13-7-6-8(2)15-10(4)11(12)9(3)14-15/h8,13H,5-7H2,1-4H3. The minimum atomic E-state index is 0.453. The van der Waals surface area contributed by atoms with Crippen molar-refractivity contribution in [1.29, 1.82) is 0 Å². The van der Waals surface area contributed by atoms with Crippen LogP contribution in [0.15, 0.2) is 4.47 Å². The van der Waals surface area contributed by atoms with Crippen LogP contribution in [0.25, 0.3) is 0 Å². The second-order valence-electron chi connectivity index (χ2n) is 3.92. The molecule has 0 radical (unpaired) electrons. The quantitative estimate of drug-likeness (QED) is 0.837. The SMILES string of the molecule is CCNCCC(C)n1nc(C)c(Br)c1C. The third-order valence-corrected chi connectivity index (χ3v) is 3.79. The molecule has 0 saturated heterocycles. The van der Waals surface area contributed by atoms with E-state index in [1.807, 2.05) is 6.92 Å². The highest BCUT2D eigenvalue weighted by Crippen LogP contribution is 2.23. The molecule has 0 aromatic carbocycles. The van der Waals surface area contributed by atoms with Gasteiger partial charge in [0, 0.05) is 0 Å². The smallest absolute Gasteiger partial charge is 0.0738 e. The molecule has 1 atom stereocenters. The lowest BCUT2D eigenvalue weighted by atomic mass is 10.2. The van der Waals surface area contributed by atoms with Gasteiger partial charge in [-0.25, -0.2) is 0 Å². The van der Waals surface area contributed by atoms with Crippen molar-refractivity contribution in [3.05, 3.63) is 15.9 Å². The van der Waals surface area contributed by atoms with E-state index in [0.29, 0.717) is 6.04 Å². The Morgan fingerprint density at radius 1 is 1.47 bits per heavy atom. The van der Waals surface area contributed by atoms with Crippen LogP contribution in [0, 0.1) is 13.8 Å². The average Bonchev–Trinajstić information content (AvgIpc) is 2.46. The topological polar surface area (TPSA) is 29.9 Å². The van der Waals surface area contributed by atoms with E-state index in [1.54, 1.807) is 0 Å². The van der Waals surface area contributed by atoms with E-state index >= 15 is 0 Å². The van der Waals surface area contributed by atoms with Crippen LogP contribution >= 0.6 is 15.9 Å². The second-order valence-corrected chi connectivity index (χ2v) is 4.71. The molecule has 1 aromatic heterocycles. The molecule has 0 aliphatic heterocycles. The fourth-order valence-corrected chi connectivity index (χ4v) is 1.94. The molecule has 1 heterocycles. The first-order valence-electron chi connectivity index (χ1n) is 5.49. The number of hydrogen-bond donors (Lipinski definition) is 1. The summed E-state index contributed by atoms with van der Waals surface area (Å²) in [6.45, 7) is 10.6. The van der Waals surface area contributed by atoms with Gasteiger partial charge in [-0.05, 0) is 56.2 Å². The molecule has 0 bridgehead atoms. The summed E-state index contributed by atoms with van der Waals surface area (Å²) in [5, 5.41) is 7.87. The van der Waals surface area contributed by atoms with Crippen molar-refractivity contribution in [2.45, 2.75) is 40.2 Å². The maximum absolute atomic E-state index is 4.53. The number of nitrogens with zero attached hydrogens (tertiary/aromatic N) is 2. The zero-order chi connectivity index (χ0) is 11.4. The van der Waals surface area contributed by atoms with E-state index in [4.69, 9.17) is 0 Å². The first-order valence-corrected chi connectivity index (χ1v) is 6.29. The Hall–Kier alpha value is -0.350. The molecule has 1 aromatic rings. The summed E-state index contributed by atoms with van der Waals surface area (Å²) in [6, 6.07) is 0.453. The zero-order valence-electron chi connectivity index (χ0n) is 9.97. The summed E-state index contributed by atoms with van der Waals surface area (Å²) in [6.07, 6.45) is 1.11. The van der Waals surface area contributed by atoms with Gasteiger partial charge < -0.3 is 5.32 Å². The van der Waals surface area contributed by atoms with Crippen LogP contribution in [0.1, 0.15) is 37.7 Å². The molecular weight excluding hydrogens is 254 g/mol. The van der Waals surface area contributed by atoms with E-state index in [-0.39, 0.29) is 0 Å². The lowest BCUT2D eigenvalue weighted by molar-refractivity contribution is 0.437. The van der Waals surface area contributed by atoms with Gasteiger partial charge in [-0.1, -0.05) is 6.92 Å². The molecule has 15 heavy (non-hydrogen) atoms. The molecule has 0 spiro atoms. The second kappa shape index (κ2) is 5.66. The molecule has 1 N–H and O–H groups in total. The molecule has 0 aliphatic carbocycles. The molecule has 0 saturated carbocycles.